The highest BCUT2D eigenvalue weighted by Crippen LogP contribution is 2.31. The number of hydrogen-bond acceptors (Lipinski definition) is 4. The molecular formula is C22H26F3NO3. The van der Waals surface area contributed by atoms with E-state index in [0.29, 0.717) is 18.7 Å². The van der Waals surface area contributed by atoms with Gasteiger partial charge in [0.05, 0.1) is 11.7 Å². The topological polar surface area (TPSA) is 41.9 Å². The number of ether oxygens (including phenoxy) is 2. The van der Waals surface area contributed by atoms with Crippen molar-refractivity contribution in [2.45, 2.75) is 31.5 Å². The quantitative estimate of drug-likeness (QED) is 0.632. The summed E-state index contributed by atoms with van der Waals surface area (Å²) >= 11 is 0. The third kappa shape index (κ3) is 6.94. The van der Waals surface area contributed by atoms with Crippen LogP contribution in [0.1, 0.15) is 24.0 Å². The van der Waals surface area contributed by atoms with E-state index in [1.165, 1.54) is 25.0 Å². The lowest BCUT2D eigenvalue weighted by Crippen LogP contribution is -2.31. The predicted molar refractivity (Wildman–Crippen MR) is 104 cm³/mol. The van der Waals surface area contributed by atoms with E-state index < -0.39 is 11.7 Å². The van der Waals surface area contributed by atoms with Crippen LogP contribution >= 0.6 is 0 Å². The molecule has 0 spiro atoms. The number of halogens is 3. The van der Waals surface area contributed by atoms with Crippen LogP contribution in [-0.4, -0.2) is 49.0 Å². The van der Waals surface area contributed by atoms with Gasteiger partial charge < -0.3 is 19.5 Å². The van der Waals surface area contributed by atoms with Crippen LogP contribution < -0.4 is 9.47 Å². The van der Waals surface area contributed by atoms with E-state index in [4.69, 9.17) is 9.47 Å². The van der Waals surface area contributed by atoms with Crippen LogP contribution in [0.15, 0.2) is 48.5 Å². The molecule has 0 radical (unpaired) electrons. The first kappa shape index (κ1) is 21.5. The Kier molecular flexibility index (Phi) is 7.39. The van der Waals surface area contributed by atoms with Gasteiger partial charge in [0, 0.05) is 6.54 Å². The maximum absolute atomic E-state index is 12.7. The van der Waals surface area contributed by atoms with Gasteiger partial charge in [-0.15, -0.1) is 0 Å². The molecule has 1 aliphatic heterocycles. The standard InChI is InChI=1S/C22H26F3NO3/c23-22(24,25)18-4-3-5-21(15-18)29-13-12-28-20-8-6-17(7-9-20)14-19(27)16-26-10-1-2-11-26/h3-9,15,19,27H,1-2,10-14,16H2. The largest absolute Gasteiger partial charge is 0.490 e. The molecular weight excluding hydrogens is 383 g/mol. The Morgan fingerprint density at radius 3 is 2.24 bits per heavy atom. The summed E-state index contributed by atoms with van der Waals surface area (Å²) in [5, 5.41) is 10.2. The second kappa shape index (κ2) is 9.98. The average Bonchev–Trinajstić information content (AvgIpc) is 3.19. The fourth-order valence-electron chi connectivity index (χ4n) is 3.40. The van der Waals surface area contributed by atoms with E-state index in [9.17, 15) is 18.3 Å². The number of nitrogens with zero attached hydrogens (tertiary/aromatic N) is 1. The summed E-state index contributed by atoms with van der Waals surface area (Å²) in [5.41, 5.74) is 0.294. The van der Waals surface area contributed by atoms with Crippen LogP contribution in [-0.2, 0) is 12.6 Å². The molecule has 1 N–H and O–H groups in total. The van der Waals surface area contributed by atoms with Gasteiger partial charge in [0.15, 0.2) is 0 Å². The van der Waals surface area contributed by atoms with Gasteiger partial charge in [-0.25, -0.2) is 0 Å². The number of likely N-dealkylation sites (tertiary alicyclic amines) is 1. The minimum atomic E-state index is -4.39. The first-order valence-corrected chi connectivity index (χ1v) is 9.82. The van der Waals surface area contributed by atoms with E-state index in [-0.39, 0.29) is 25.1 Å². The van der Waals surface area contributed by atoms with Crippen LogP contribution in [0, 0.1) is 0 Å². The molecule has 1 fully saturated rings. The molecule has 1 saturated heterocycles. The number of alkyl halides is 3. The summed E-state index contributed by atoms with van der Waals surface area (Å²) in [7, 11) is 0. The molecule has 0 bridgehead atoms. The van der Waals surface area contributed by atoms with Gasteiger partial charge in [-0.3, -0.25) is 0 Å². The molecule has 2 aromatic rings. The predicted octanol–water partition coefficient (Wildman–Crippen LogP) is 4.16. The summed E-state index contributed by atoms with van der Waals surface area (Å²) in [6.45, 7) is 3.18. The van der Waals surface area contributed by atoms with Gasteiger partial charge >= 0.3 is 6.18 Å². The number of aliphatic hydroxyl groups excluding tert-OH is 1. The normalized spacial score (nSPS) is 16.0. The molecule has 0 aliphatic carbocycles. The van der Waals surface area contributed by atoms with Gasteiger partial charge in [0.2, 0.25) is 0 Å². The molecule has 29 heavy (non-hydrogen) atoms. The van der Waals surface area contributed by atoms with Gasteiger partial charge in [-0.2, -0.15) is 13.2 Å². The molecule has 1 aliphatic rings. The van der Waals surface area contributed by atoms with Crippen LogP contribution in [0.25, 0.3) is 0 Å². The third-order valence-corrected chi connectivity index (χ3v) is 4.84. The molecule has 1 heterocycles. The van der Waals surface area contributed by atoms with Crippen molar-refractivity contribution >= 4 is 0 Å². The Morgan fingerprint density at radius 1 is 0.931 bits per heavy atom. The second-order valence-corrected chi connectivity index (χ2v) is 7.23. The van der Waals surface area contributed by atoms with Gasteiger partial charge in [-0.1, -0.05) is 18.2 Å². The fourth-order valence-corrected chi connectivity index (χ4v) is 3.40. The minimum absolute atomic E-state index is 0.137. The lowest BCUT2D eigenvalue weighted by Gasteiger charge is -2.19. The molecule has 3 rings (SSSR count). The Morgan fingerprint density at radius 2 is 1.59 bits per heavy atom. The van der Waals surface area contributed by atoms with Crippen LogP contribution in [0.2, 0.25) is 0 Å². The lowest BCUT2D eigenvalue weighted by molar-refractivity contribution is -0.137. The number of aliphatic hydroxyl groups is 1. The summed E-state index contributed by atoms with van der Waals surface area (Å²) in [4.78, 5) is 2.28. The highest BCUT2D eigenvalue weighted by atomic mass is 19.4. The van der Waals surface area contributed by atoms with E-state index in [2.05, 4.69) is 4.90 Å². The molecule has 158 valence electrons. The SMILES string of the molecule is OC(Cc1ccc(OCCOc2cccc(C(F)(F)F)c2)cc1)CN1CCCC1. The molecule has 0 aromatic heterocycles. The van der Waals surface area contributed by atoms with E-state index in [1.807, 2.05) is 24.3 Å². The van der Waals surface area contributed by atoms with E-state index in [0.717, 1.165) is 30.8 Å². The highest BCUT2D eigenvalue weighted by molar-refractivity contribution is 5.30. The maximum atomic E-state index is 12.7. The maximum Gasteiger partial charge on any atom is 0.416 e. The average molecular weight is 409 g/mol. The second-order valence-electron chi connectivity index (χ2n) is 7.23. The Hall–Kier alpha value is -2.25. The number of rotatable bonds is 9. The molecule has 4 nitrogen and oxygen atoms in total. The lowest BCUT2D eigenvalue weighted by atomic mass is 10.1. The minimum Gasteiger partial charge on any atom is -0.490 e. The fraction of sp³-hybridized carbons (Fsp3) is 0.455. The third-order valence-electron chi connectivity index (χ3n) is 4.84. The zero-order valence-corrected chi connectivity index (χ0v) is 16.2. The first-order chi connectivity index (χ1) is 13.9. The van der Waals surface area contributed by atoms with Gasteiger partial charge in [-0.05, 0) is 68.2 Å². The van der Waals surface area contributed by atoms with Crippen molar-refractivity contribution in [1.29, 1.82) is 0 Å². The zero-order chi connectivity index (χ0) is 20.7. The molecule has 2 aromatic carbocycles. The smallest absolute Gasteiger partial charge is 0.416 e. The summed E-state index contributed by atoms with van der Waals surface area (Å²) in [5.74, 6) is 0.807. The first-order valence-electron chi connectivity index (χ1n) is 9.82. The Bertz CT molecular complexity index is 759. The van der Waals surface area contributed by atoms with Crippen molar-refractivity contribution in [3.8, 4) is 11.5 Å². The van der Waals surface area contributed by atoms with E-state index in [1.54, 1.807) is 0 Å². The molecule has 0 amide bonds. The van der Waals surface area contributed by atoms with Gasteiger partial charge in [0.1, 0.15) is 24.7 Å². The molecule has 0 saturated carbocycles. The highest BCUT2D eigenvalue weighted by Gasteiger charge is 2.30. The summed E-state index contributed by atoms with van der Waals surface area (Å²) < 4.78 is 49.0. The van der Waals surface area contributed by atoms with Crippen LogP contribution in [0.4, 0.5) is 13.2 Å². The van der Waals surface area contributed by atoms with Crippen molar-refractivity contribution in [3.63, 3.8) is 0 Å². The Labute approximate surface area is 168 Å². The van der Waals surface area contributed by atoms with E-state index >= 15 is 0 Å². The summed E-state index contributed by atoms with van der Waals surface area (Å²) in [6.07, 6.45) is -1.78. The number of benzene rings is 2. The van der Waals surface area contributed by atoms with Crippen LogP contribution in [0.3, 0.4) is 0 Å². The zero-order valence-electron chi connectivity index (χ0n) is 16.2. The number of β-amino-alcohol motifs (C(OH)–C–C–N with tert-alkyl or cyclic N) is 1. The number of hydrogen-bond donors (Lipinski definition) is 1. The molecule has 1 unspecified atom stereocenters. The van der Waals surface area contributed by atoms with Crippen molar-refractivity contribution < 1.29 is 27.8 Å². The Balaban J connectivity index is 1.39. The summed E-state index contributed by atoms with van der Waals surface area (Å²) in [6, 6.07) is 12.2. The molecule has 1 atom stereocenters. The van der Waals surface area contributed by atoms with Crippen molar-refractivity contribution in [2.24, 2.45) is 0 Å². The molecule has 7 heteroatoms. The van der Waals surface area contributed by atoms with Crippen LogP contribution in [0.5, 0.6) is 11.5 Å². The van der Waals surface area contributed by atoms with Gasteiger partial charge in [0.25, 0.3) is 0 Å². The van der Waals surface area contributed by atoms with Crippen molar-refractivity contribution in [2.75, 3.05) is 32.8 Å². The monoisotopic (exact) mass is 409 g/mol. The van der Waals surface area contributed by atoms with Crippen molar-refractivity contribution in [3.05, 3.63) is 59.7 Å². The van der Waals surface area contributed by atoms with Crippen molar-refractivity contribution in [1.82, 2.24) is 4.90 Å².